The fourth-order valence-electron chi connectivity index (χ4n) is 4.36. The molecule has 2 atom stereocenters. The minimum atomic E-state index is -0.249. The van der Waals surface area contributed by atoms with Crippen LogP contribution in [0.4, 0.5) is 5.82 Å². The van der Waals surface area contributed by atoms with Gasteiger partial charge in [-0.3, -0.25) is 14.2 Å². The summed E-state index contributed by atoms with van der Waals surface area (Å²) in [6, 6.07) is 15.8. The Morgan fingerprint density at radius 1 is 1.14 bits per heavy atom. The van der Waals surface area contributed by atoms with E-state index in [4.69, 9.17) is 0 Å². The number of anilines is 1. The Balaban J connectivity index is 1.61. The Bertz CT molecular complexity index is 1280. The maximum atomic E-state index is 13.6. The van der Waals surface area contributed by atoms with Crippen molar-refractivity contribution in [2.75, 3.05) is 18.4 Å². The van der Waals surface area contributed by atoms with Crippen molar-refractivity contribution < 1.29 is 4.79 Å². The van der Waals surface area contributed by atoms with Crippen LogP contribution in [0.1, 0.15) is 68.1 Å². The van der Waals surface area contributed by atoms with Crippen molar-refractivity contribution in [3.8, 4) is 5.69 Å². The second-order valence-corrected chi connectivity index (χ2v) is 11.4. The number of hydrogen-bond acceptors (Lipinski definition) is 5. The molecule has 0 radical (unpaired) electrons. The summed E-state index contributed by atoms with van der Waals surface area (Å²) in [4.78, 5) is 30.7. The van der Waals surface area contributed by atoms with Crippen LogP contribution in [-0.4, -0.2) is 34.6 Å². The van der Waals surface area contributed by atoms with Gasteiger partial charge in [-0.2, -0.15) is 0 Å². The highest BCUT2D eigenvalue weighted by Crippen LogP contribution is 2.26. The lowest BCUT2D eigenvalue weighted by Gasteiger charge is -2.28. The number of aryl methyl sites for hydroxylation is 1. The Hall–Kier alpha value is -3.45. The molecule has 0 bridgehead atoms. The molecule has 0 aliphatic heterocycles. The first-order chi connectivity index (χ1) is 17.6. The van der Waals surface area contributed by atoms with Crippen LogP contribution in [0.25, 0.3) is 5.69 Å². The molecule has 7 nitrogen and oxygen atoms in total. The third-order valence-corrected chi connectivity index (χ3v) is 6.63. The molecule has 3 aromatic rings. The van der Waals surface area contributed by atoms with E-state index in [2.05, 4.69) is 60.8 Å². The second-order valence-electron chi connectivity index (χ2n) is 11.4. The topological polar surface area (TPSA) is 88.1 Å². The molecule has 7 heteroatoms. The Kier molecular flexibility index (Phi) is 8.13. The summed E-state index contributed by atoms with van der Waals surface area (Å²) in [6.45, 7) is 12.4. The molecule has 0 spiro atoms. The molecule has 1 fully saturated rings. The number of nitrogens with one attached hydrogen (secondary N) is 3. The van der Waals surface area contributed by atoms with Crippen LogP contribution in [0, 0.1) is 18.3 Å². The highest BCUT2D eigenvalue weighted by molar-refractivity contribution is 5.95. The van der Waals surface area contributed by atoms with Crippen molar-refractivity contribution >= 4 is 11.7 Å². The fourth-order valence-corrected chi connectivity index (χ4v) is 4.36. The molecule has 196 valence electrons. The van der Waals surface area contributed by atoms with Gasteiger partial charge in [0.15, 0.2) is 5.82 Å². The number of carbonyl (C=O) groups excluding carboxylic acids is 1. The van der Waals surface area contributed by atoms with Crippen molar-refractivity contribution in [1.29, 1.82) is 0 Å². The minimum absolute atomic E-state index is 0.107. The van der Waals surface area contributed by atoms with Gasteiger partial charge in [0.25, 0.3) is 11.5 Å². The molecule has 1 amide bonds. The maximum absolute atomic E-state index is 13.6. The van der Waals surface area contributed by atoms with Crippen molar-refractivity contribution in [3.63, 3.8) is 0 Å². The molecule has 1 aliphatic carbocycles. The highest BCUT2D eigenvalue weighted by Gasteiger charge is 2.25. The smallest absolute Gasteiger partial charge is 0.297 e. The van der Waals surface area contributed by atoms with Gasteiger partial charge in [0.05, 0.1) is 11.7 Å². The van der Waals surface area contributed by atoms with Gasteiger partial charge in [-0.15, -0.1) is 0 Å². The number of rotatable bonds is 10. The average Bonchev–Trinajstić information content (AvgIpc) is 3.67. The molecule has 0 saturated heterocycles. The summed E-state index contributed by atoms with van der Waals surface area (Å²) in [5.74, 6) is 0.368. The maximum Gasteiger partial charge on any atom is 0.297 e. The largest absolute Gasteiger partial charge is 0.358 e. The quantitative estimate of drug-likeness (QED) is 0.369. The third kappa shape index (κ3) is 7.07. The van der Waals surface area contributed by atoms with Gasteiger partial charge in [0.2, 0.25) is 0 Å². The Labute approximate surface area is 219 Å². The zero-order valence-corrected chi connectivity index (χ0v) is 22.5. The lowest BCUT2D eigenvalue weighted by molar-refractivity contribution is 0.0951. The SMILES string of the molecule is Cc1ccc(C(=O)NC2CC2)cc1-n1ccnc(N[C@@H](c2ccccc2)[C@@H](C)CNCC(C)(C)C)c1=O. The van der Waals surface area contributed by atoms with Gasteiger partial charge < -0.3 is 16.0 Å². The highest BCUT2D eigenvalue weighted by atomic mass is 16.2. The number of benzene rings is 2. The summed E-state index contributed by atoms with van der Waals surface area (Å²) in [5, 5.41) is 10.0. The number of nitrogens with zero attached hydrogens (tertiary/aromatic N) is 2. The number of hydrogen-bond donors (Lipinski definition) is 3. The summed E-state index contributed by atoms with van der Waals surface area (Å²) in [5.41, 5.74) is 3.16. The molecule has 37 heavy (non-hydrogen) atoms. The van der Waals surface area contributed by atoms with E-state index in [-0.39, 0.29) is 40.7 Å². The van der Waals surface area contributed by atoms with E-state index < -0.39 is 0 Å². The molecule has 1 aromatic heterocycles. The van der Waals surface area contributed by atoms with Crippen LogP contribution < -0.4 is 21.5 Å². The first kappa shape index (κ1) is 26.6. The second kappa shape index (κ2) is 11.3. The summed E-state index contributed by atoms with van der Waals surface area (Å²) >= 11 is 0. The van der Waals surface area contributed by atoms with Crippen molar-refractivity contribution in [2.24, 2.45) is 11.3 Å². The molecular weight excluding hydrogens is 462 g/mol. The number of amides is 1. The lowest BCUT2D eigenvalue weighted by Crippen LogP contribution is -2.35. The Morgan fingerprint density at radius 3 is 2.54 bits per heavy atom. The summed E-state index contributed by atoms with van der Waals surface area (Å²) in [7, 11) is 0. The van der Waals surface area contributed by atoms with Crippen LogP contribution in [0.3, 0.4) is 0 Å². The van der Waals surface area contributed by atoms with E-state index >= 15 is 0 Å². The van der Waals surface area contributed by atoms with E-state index in [0.717, 1.165) is 37.1 Å². The zero-order valence-electron chi connectivity index (χ0n) is 22.5. The average molecular weight is 502 g/mol. The van der Waals surface area contributed by atoms with E-state index in [1.807, 2.05) is 31.2 Å². The normalized spacial score (nSPS) is 15.2. The van der Waals surface area contributed by atoms with E-state index in [1.165, 1.54) is 0 Å². The fraction of sp³-hybridized carbons (Fsp3) is 0.433. The lowest BCUT2D eigenvalue weighted by atomic mass is 9.93. The van der Waals surface area contributed by atoms with Gasteiger partial charge in [-0.05, 0) is 54.4 Å². The molecule has 1 saturated carbocycles. The first-order valence-corrected chi connectivity index (χ1v) is 13.1. The number of carbonyl (C=O) groups is 1. The predicted molar refractivity (Wildman–Crippen MR) is 149 cm³/mol. The summed E-state index contributed by atoms with van der Waals surface area (Å²) < 4.78 is 1.57. The minimum Gasteiger partial charge on any atom is -0.358 e. The van der Waals surface area contributed by atoms with E-state index in [1.54, 1.807) is 29.1 Å². The van der Waals surface area contributed by atoms with Crippen molar-refractivity contribution in [2.45, 2.75) is 59.5 Å². The molecule has 0 unspecified atom stereocenters. The van der Waals surface area contributed by atoms with Crippen LogP contribution in [0.2, 0.25) is 0 Å². The van der Waals surface area contributed by atoms with Crippen LogP contribution in [0.15, 0.2) is 65.7 Å². The number of aromatic nitrogens is 2. The monoisotopic (exact) mass is 501 g/mol. The van der Waals surface area contributed by atoms with Gasteiger partial charge in [0.1, 0.15) is 0 Å². The van der Waals surface area contributed by atoms with Gasteiger partial charge in [-0.1, -0.05) is 64.1 Å². The molecule has 2 aromatic carbocycles. The van der Waals surface area contributed by atoms with Gasteiger partial charge in [0, 0.05) is 37.1 Å². The molecule has 1 heterocycles. The van der Waals surface area contributed by atoms with E-state index in [9.17, 15) is 9.59 Å². The first-order valence-electron chi connectivity index (χ1n) is 13.1. The van der Waals surface area contributed by atoms with Gasteiger partial charge in [-0.25, -0.2) is 4.98 Å². The van der Waals surface area contributed by atoms with Crippen molar-refractivity contribution in [3.05, 3.63) is 88.0 Å². The molecule has 3 N–H and O–H groups in total. The standard InChI is InChI=1S/C30H39N5O2/c1-20-11-12-23(28(36)33-24-13-14-24)17-25(20)35-16-15-32-27(29(35)37)34-26(22-9-7-6-8-10-22)21(2)18-31-19-30(3,4)5/h6-12,15-17,21,24,26,31H,13-14,18-19H2,1-5H3,(H,32,34)(H,33,36)/t21-,26+/m0/s1. The van der Waals surface area contributed by atoms with Crippen molar-refractivity contribution in [1.82, 2.24) is 20.2 Å². The van der Waals surface area contributed by atoms with Gasteiger partial charge >= 0.3 is 0 Å². The molecular formula is C30H39N5O2. The van der Waals surface area contributed by atoms with Crippen LogP contribution in [-0.2, 0) is 0 Å². The van der Waals surface area contributed by atoms with Crippen LogP contribution >= 0.6 is 0 Å². The third-order valence-electron chi connectivity index (χ3n) is 6.63. The summed E-state index contributed by atoms with van der Waals surface area (Å²) in [6.07, 6.45) is 5.33. The Morgan fingerprint density at radius 2 is 1.86 bits per heavy atom. The predicted octanol–water partition coefficient (Wildman–Crippen LogP) is 4.86. The zero-order chi connectivity index (χ0) is 26.6. The van der Waals surface area contributed by atoms with Crippen LogP contribution in [0.5, 0.6) is 0 Å². The van der Waals surface area contributed by atoms with E-state index in [0.29, 0.717) is 11.3 Å². The molecule has 4 rings (SSSR count). The molecule has 1 aliphatic rings.